The molecule has 0 saturated carbocycles. The molecule has 0 aliphatic heterocycles. The summed E-state index contributed by atoms with van der Waals surface area (Å²) in [5.41, 5.74) is 1.19. The van der Waals surface area contributed by atoms with Gasteiger partial charge in [0.1, 0.15) is 5.75 Å². The van der Waals surface area contributed by atoms with E-state index < -0.39 is 12.3 Å². The van der Waals surface area contributed by atoms with Gasteiger partial charge in [-0.25, -0.2) is 0 Å². The van der Waals surface area contributed by atoms with Crippen LogP contribution in [0.5, 0.6) is 5.75 Å². The zero-order valence-corrected chi connectivity index (χ0v) is 12.4. The molecule has 21 heavy (non-hydrogen) atoms. The molecule has 6 nitrogen and oxygen atoms in total. The van der Waals surface area contributed by atoms with Crippen LogP contribution < -0.4 is 0 Å². The van der Waals surface area contributed by atoms with E-state index in [1.165, 1.54) is 14.2 Å². The summed E-state index contributed by atoms with van der Waals surface area (Å²) in [4.78, 5) is 10.4. The van der Waals surface area contributed by atoms with Gasteiger partial charge in [0, 0.05) is 38.4 Å². The van der Waals surface area contributed by atoms with Crippen molar-refractivity contribution in [2.24, 2.45) is 0 Å². The quantitative estimate of drug-likeness (QED) is 0.510. The van der Waals surface area contributed by atoms with Crippen LogP contribution in [0.2, 0.25) is 0 Å². The van der Waals surface area contributed by atoms with Gasteiger partial charge in [0.05, 0.1) is 6.61 Å². The lowest BCUT2D eigenvalue weighted by Crippen LogP contribution is -2.05. The van der Waals surface area contributed by atoms with Crippen LogP contribution in [0.3, 0.4) is 0 Å². The Bertz CT molecular complexity index is 442. The van der Waals surface area contributed by atoms with Crippen molar-refractivity contribution in [3.05, 3.63) is 29.3 Å². The lowest BCUT2D eigenvalue weighted by atomic mass is 10.1. The predicted molar refractivity (Wildman–Crippen MR) is 76.0 cm³/mol. The maximum absolute atomic E-state index is 10.4. The van der Waals surface area contributed by atoms with Crippen molar-refractivity contribution in [2.45, 2.75) is 32.2 Å². The number of benzene rings is 1. The smallest absolute Gasteiger partial charge is 0.303 e. The predicted octanol–water partition coefficient (Wildman–Crippen LogP) is 2.46. The summed E-state index contributed by atoms with van der Waals surface area (Å²) >= 11 is 0. The molecule has 0 atom stereocenters. The first kappa shape index (κ1) is 17.4. The molecule has 1 aromatic carbocycles. The van der Waals surface area contributed by atoms with Crippen LogP contribution in [0, 0.1) is 0 Å². The van der Waals surface area contributed by atoms with Gasteiger partial charge in [-0.15, -0.1) is 0 Å². The van der Waals surface area contributed by atoms with E-state index in [4.69, 9.17) is 19.3 Å². The van der Waals surface area contributed by atoms with E-state index >= 15 is 0 Å². The van der Waals surface area contributed by atoms with E-state index in [0.717, 1.165) is 0 Å². The fourth-order valence-electron chi connectivity index (χ4n) is 1.93. The van der Waals surface area contributed by atoms with Crippen LogP contribution in [-0.4, -0.2) is 37.0 Å². The third kappa shape index (κ3) is 5.71. The molecule has 0 amide bonds. The Kier molecular flexibility index (Phi) is 7.74. The molecule has 0 bridgehead atoms. The van der Waals surface area contributed by atoms with Crippen molar-refractivity contribution >= 4 is 5.97 Å². The van der Waals surface area contributed by atoms with Gasteiger partial charge >= 0.3 is 5.97 Å². The van der Waals surface area contributed by atoms with E-state index in [1.54, 1.807) is 18.2 Å². The Morgan fingerprint density at radius 3 is 2.57 bits per heavy atom. The number of carboxylic acids is 1. The van der Waals surface area contributed by atoms with Crippen LogP contribution >= 0.6 is 0 Å². The average molecular weight is 298 g/mol. The molecule has 0 aliphatic carbocycles. The highest BCUT2D eigenvalue weighted by Crippen LogP contribution is 2.30. The highest BCUT2D eigenvalue weighted by molar-refractivity contribution is 5.66. The van der Waals surface area contributed by atoms with Crippen molar-refractivity contribution < 1.29 is 29.2 Å². The number of methoxy groups -OCH3 is 2. The van der Waals surface area contributed by atoms with Crippen molar-refractivity contribution in [2.75, 3.05) is 20.8 Å². The molecule has 0 unspecified atom stereocenters. The minimum atomic E-state index is -0.800. The van der Waals surface area contributed by atoms with E-state index in [2.05, 4.69) is 0 Å². The third-order valence-corrected chi connectivity index (χ3v) is 3.02. The standard InChI is InChI=1S/C15H22O6/c1-19-15(20-2)12-7-5-6-11(14(12)18)10-21-9-4-3-8-13(16)17/h5-7,15,18H,3-4,8-10H2,1-2H3,(H,16,17). The van der Waals surface area contributed by atoms with Gasteiger partial charge in [0.25, 0.3) is 0 Å². The Morgan fingerprint density at radius 1 is 1.24 bits per heavy atom. The number of hydrogen-bond acceptors (Lipinski definition) is 5. The summed E-state index contributed by atoms with van der Waals surface area (Å²) < 4.78 is 15.7. The van der Waals surface area contributed by atoms with Gasteiger partial charge in [0.15, 0.2) is 6.29 Å². The van der Waals surface area contributed by atoms with Crippen molar-refractivity contribution in [1.82, 2.24) is 0 Å². The first-order valence-electron chi connectivity index (χ1n) is 6.76. The summed E-state index contributed by atoms with van der Waals surface area (Å²) in [7, 11) is 3.00. The van der Waals surface area contributed by atoms with E-state index in [1.807, 2.05) is 0 Å². The van der Waals surface area contributed by atoms with Crippen molar-refractivity contribution in [3.8, 4) is 5.75 Å². The fourth-order valence-corrected chi connectivity index (χ4v) is 1.93. The summed E-state index contributed by atoms with van der Waals surface area (Å²) in [6.45, 7) is 0.710. The molecule has 118 valence electrons. The second kappa shape index (κ2) is 9.33. The number of ether oxygens (including phenoxy) is 3. The summed E-state index contributed by atoms with van der Waals surface area (Å²) in [5, 5.41) is 18.7. The topological polar surface area (TPSA) is 85.2 Å². The molecule has 6 heteroatoms. The van der Waals surface area contributed by atoms with Crippen LogP contribution in [0.25, 0.3) is 0 Å². The van der Waals surface area contributed by atoms with E-state index in [0.29, 0.717) is 30.6 Å². The fraction of sp³-hybridized carbons (Fsp3) is 0.533. The van der Waals surface area contributed by atoms with Gasteiger partial charge in [0.2, 0.25) is 0 Å². The number of phenols is 1. The zero-order chi connectivity index (χ0) is 15.7. The number of carboxylic acid groups (broad SMARTS) is 1. The van der Waals surface area contributed by atoms with Gasteiger partial charge in [-0.3, -0.25) is 4.79 Å². The number of para-hydroxylation sites is 1. The minimum Gasteiger partial charge on any atom is -0.507 e. The molecule has 1 aromatic rings. The van der Waals surface area contributed by atoms with Crippen molar-refractivity contribution in [3.63, 3.8) is 0 Å². The molecule has 0 aromatic heterocycles. The van der Waals surface area contributed by atoms with E-state index in [9.17, 15) is 9.90 Å². The number of aliphatic carboxylic acids is 1. The zero-order valence-electron chi connectivity index (χ0n) is 12.4. The molecule has 0 radical (unpaired) electrons. The Labute approximate surface area is 124 Å². The second-order valence-electron chi connectivity index (χ2n) is 4.56. The SMILES string of the molecule is COC(OC)c1cccc(COCCCCC(=O)O)c1O. The Balaban J connectivity index is 2.48. The Hall–Kier alpha value is -1.63. The second-order valence-corrected chi connectivity index (χ2v) is 4.56. The van der Waals surface area contributed by atoms with Gasteiger partial charge < -0.3 is 24.4 Å². The number of unbranched alkanes of at least 4 members (excludes halogenated alkanes) is 1. The highest BCUT2D eigenvalue weighted by Gasteiger charge is 2.16. The van der Waals surface area contributed by atoms with Gasteiger partial charge in [-0.05, 0) is 12.8 Å². The van der Waals surface area contributed by atoms with Crippen LogP contribution in [0.15, 0.2) is 18.2 Å². The maximum Gasteiger partial charge on any atom is 0.303 e. The maximum atomic E-state index is 10.4. The molecule has 2 N–H and O–H groups in total. The summed E-state index contributed by atoms with van der Waals surface area (Å²) in [6, 6.07) is 5.28. The number of carbonyl (C=O) groups is 1. The molecular weight excluding hydrogens is 276 g/mol. The summed E-state index contributed by atoms with van der Waals surface area (Å²) in [5.74, 6) is -0.706. The molecular formula is C15H22O6. The number of rotatable bonds is 10. The van der Waals surface area contributed by atoms with Crippen LogP contribution in [0.4, 0.5) is 0 Å². The first-order chi connectivity index (χ1) is 10.1. The molecule has 1 rings (SSSR count). The lowest BCUT2D eigenvalue weighted by molar-refractivity contribution is -0.137. The number of aromatic hydroxyl groups is 1. The van der Waals surface area contributed by atoms with Crippen molar-refractivity contribution in [1.29, 1.82) is 0 Å². The summed E-state index contributed by atoms with van der Waals surface area (Å²) in [6.07, 6.45) is 0.774. The number of phenolic OH excluding ortho intramolecular Hbond substituents is 1. The monoisotopic (exact) mass is 298 g/mol. The largest absolute Gasteiger partial charge is 0.507 e. The first-order valence-corrected chi connectivity index (χ1v) is 6.76. The highest BCUT2D eigenvalue weighted by atomic mass is 16.7. The molecule has 0 heterocycles. The normalized spacial score (nSPS) is 11.0. The van der Waals surface area contributed by atoms with E-state index in [-0.39, 0.29) is 18.8 Å². The number of hydrogen-bond donors (Lipinski definition) is 2. The Morgan fingerprint density at radius 2 is 1.95 bits per heavy atom. The minimum absolute atomic E-state index is 0.0942. The average Bonchev–Trinajstić information content (AvgIpc) is 2.46. The lowest BCUT2D eigenvalue weighted by Gasteiger charge is -2.17. The van der Waals surface area contributed by atoms with Gasteiger partial charge in [-0.2, -0.15) is 0 Å². The molecule has 0 saturated heterocycles. The van der Waals surface area contributed by atoms with Crippen LogP contribution in [-0.2, 0) is 25.6 Å². The molecule has 0 spiro atoms. The molecule has 0 aliphatic rings. The third-order valence-electron chi connectivity index (χ3n) is 3.02. The molecule has 0 fully saturated rings. The van der Waals surface area contributed by atoms with Crippen LogP contribution in [0.1, 0.15) is 36.7 Å². The van der Waals surface area contributed by atoms with Gasteiger partial charge in [-0.1, -0.05) is 18.2 Å².